The highest BCUT2D eigenvalue weighted by molar-refractivity contribution is 6.47. The van der Waals surface area contributed by atoms with Crippen molar-refractivity contribution in [3.63, 3.8) is 0 Å². The van der Waals surface area contributed by atoms with Gasteiger partial charge in [-0.05, 0) is 48.0 Å². The standard InChI is InChI=1S/C17H30BN3O4/c1-15(2)13(22)19-8-10-21(15)14(23)20-9-7-12(11-20)18-24-16(3,4)17(5,6)25-18/h12H,7-11H2,1-6H3,(H,19,22). The molecule has 1 unspecified atom stereocenters. The highest BCUT2D eigenvalue weighted by Gasteiger charge is 2.55. The first kappa shape index (κ1) is 18.5. The summed E-state index contributed by atoms with van der Waals surface area (Å²) in [5.41, 5.74) is -1.54. The molecule has 3 aliphatic heterocycles. The number of likely N-dealkylation sites (tertiary alicyclic amines) is 1. The molecule has 0 aliphatic carbocycles. The molecule has 3 saturated heterocycles. The first-order valence-corrected chi connectivity index (χ1v) is 9.16. The van der Waals surface area contributed by atoms with E-state index in [0.29, 0.717) is 26.2 Å². The topological polar surface area (TPSA) is 71.1 Å². The van der Waals surface area contributed by atoms with Crippen LogP contribution in [0.25, 0.3) is 0 Å². The summed E-state index contributed by atoms with van der Waals surface area (Å²) in [5, 5.41) is 2.83. The summed E-state index contributed by atoms with van der Waals surface area (Å²) in [6.07, 6.45) is 0.850. The maximum absolute atomic E-state index is 13.0. The molecular formula is C17H30BN3O4. The average molecular weight is 351 g/mol. The number of urea groups is 1. The van der Waals surface area contributed by atoms with Gasteiger partial charge in [-0.2, -0.15) is 0 Å². The third kappa shape index (κ3) is 3.03. The second-order valence-corrected chi connectivity index (χ2v) is 8.87. The molecule has 0 aromatic carbocycles. The van der Waals surface area contributed by atoms with Crippen molar-refractivity contribution in [3.05, 3.63) is 0 Å². The van der Waals surface area contributed by atoms with Gasteiger partial charge in [0.05, 0.1) is 11.2 Å². The molecule has 0 aromatic heterocycles. The first-order chi connectivity index (χ1) is 11.5. The second kappa shape index (κ2) is 5.88. The predicted molar refractivity (Wildman–Crippen MR) is 95.2 cm³/mol. The van der Waals surface area contributed by atoms with Crippen molar-refractivity contribution in [1.82, 2.24) is 15.1 Å². The van der Waals surface area contributed by atoms with E-state index in [2.05, 4.69) is 5.32 Å². The van der Waals surface area contributed by atoms with E-state index in [1.54, 1.807) is 18.7 Å². The van der Waals surface area contributed by atoms with Crippen molar-refractivity contribution in [1.29, 1.82) is 0 Å². The third-order valence-electron chi connectivity index (χ3n) is 6.23. The Morgan fingerprint density at radius 2 is 1.72 bits per heavy atom. The minimum atomic E-state index is -0.822. The van der Waals surface area contributed by atoms with E-state index in [1.165, 1.54) is 0 Å². The number of amides is 3. The van der Waals surface area contributed by atoms with E-state index in [0.717, 1.165) is 6.42 Å². The maximum atomic E-state index is 13.0. The largest absolute Gasteiger partial charge is 0.463 e. The fourth-order valence-electron chi connectivity index (χ4n) is 3.67. The lowest BCUT2D eigenvalue weighted by Crippen LogP contribution is -2.65. The number of piperazine rings is 1. The van der Waals surface area contributed by atoms with Gasteiger partial charge in [0.1, 0.15) is 5.54 Å². The fraction of sp³-hybridized carbons (Fsp3) is 0.882. The lowest BCUT2D eigenvalue weighted by Gasteiger charge is -2.42. The maximum Gasteiger partial charge on any atom is 0.463 e. The van der Waals surface area contributed by atoms with Crippen LogP contribution >= 0.6 is 0 Å². The number of carbonyl (C=O) groups is 2. The zero-order valence-corrected chi connectivity index (χ0v) is 16.2. The van der Waals surface area contributed by atoms with Crippen molar-refractivity contribution in [2.24, 2.45) is 0 Å². The van der Waals surface area contributed by atoms with Crippen LogP contribution in [0.5, 0.6) is 0 Å². The summed E-state index contributed by atoms with van der Waals surface area (Å²) in [6.45, 7) is 14.1. The van der Waals surface area contributed by atoms with Crippen molar-refractivity contribution in [3.8, 4) is 0 Å². The summed E-state index contributed by atoms with van der Waals surface area (Å²) in [6, 6.07) is -0.0705. The Balaban J connectivity index is 1.65. The minimum absolute atomic E-state index is 0.0705. The van der Waals surface area contributed by atoms with Crippen LogP contribution < -0.4 is 5.32 Å². The Morgan fingerprint density at radius 3 is 2.32 bits per heavy atom. The summed E-state index contributed by atoms with van der Waals surface area (Å²) in [7, 11) is -0.291. The van der Waals surface area contributed by atoms with Gasteiger partial charge in [0.2, 0.25) is 5.91 Å². The summed E-state index contributed by atoms with van der Waals surface area (Å²) >= 11 is 0. The van der Waals surface area contributed by atoms with Gasteiger partial charge in [0.15, 0.2) is 0 Å². The van der Waals surface area contributed by atoms with E-state index in [1.807, 2.05) is 32.6 Å². The molecule has 0 spiro atoms. The first-order valence-electron chi connectivity index (χ1n) is 9.16. The Bertz CT molecular complexity index is 562. The van der Waals surface area contributed by atoms with E-state index in [4.69, 9.17) is 9.31 Å². The molecule has 25 heavy (non-hydrogen) atoms. The molecule has 8 heteroatoms. The molecule has 3 heterocycles. The van der Waals surface area contributed by atoms with Crippen LogP contribution in [0.4, 0.5) is 4.79 Å². The van der Waals surface area contributed by atoms with Gasteiger partial charge in [-0.25, -0.2) is 4.79 Å². The van der Waals surface area contributed by atoms with Gasteiger partial charge >= 0.3 is 13.1 Å². The number of rotatable bonds is 1. The molecule has 1 atom stereocenters. The summed E-state index contributed by atoms with van der Waals surface area (Å²) < 4.78 is 12.3. The Morgan fingerprint density at radius 1 is 1.12 bits per heavy atom. The number of hydrogen-bond donors (Lipinski definition) is 1. The van der Waals surface area contributed by atoms with Crippen molar-refractivity contribution >= 4 is 19.1 Å². The molecule has 140 valence electrons. The molecule has 7 nitrogen and oxygen atoms in total. The molecule has 0 saturated carbocycles. The van der Waals surface area contributed by atoms with E-state index in [9.17, 15) is 9.59 Å². The average Bonchev–Trinajstić information content (AvgIpc) is 3.05. The molecule has 0 aromatic rings. The molecule has 3 rings (SSSR count). The number of carbonyl (C=O) groups excluding carboxylic acids is 2. The number of nitrogens with one attached hydrogen (secondary N) is 1. The lowest BCUT2D eigenvalue weighted by atomic mass is 9.71. The summed E-state index contributed by atoms with van der Waals surface area (Å²) in [5.74, 6) is 0.0561. The highest BCUT2D eigenvalue weighted by atomic mass is 16.7. The minimum Gasteiger partial charge on any atom is -0.403 e. The van der Waals surface area contributed by atoms with Gasteiger partial charge in [0, 0.05) is 32.0 Å². The molecular weight excluding hydrogens is 321 g/mol. The van der Waals surface area contributed by atoms with Gasteiger partial charge in [-0.15, -0.1) is 0 Å². The molecule has 3 aliphatic rings. The van der Waals surface area contributed by atoms with Crippen LogP contribution in [0, 0.1) is 0 Å². The molecule has 0 bridgehead atoms. The summed E-state index contributed by atoms with van der Waals surface area (Å²) in [4.78, 5) is 28.6. The predicted octanol–water partition coefficient (Wildman–Crippen LogP) is 1.48. The van der Waals surface area contributed by atoms with E-state index in [-0.39, 0.29) is 36.1 Å². The van der Waals surface area contributed by atoms with Crippen LogP contribution in [-0.2, 0) is 14.1 Å². The number of nitrogens with zero attached hydrogens (tertiary/aromatic N) is 2. The van der Waals surface area contributed by atoms with Gasteiger partial charge in [-0.3, -0.25) is 4.79 Å². The second-order valence-electron chi connectivity index (χ2n) is 8.87. The van der Waals surface area contributed by atoms with Gasteiger partial charge < -0.3 is 24.4 Å². The van der Waals surface area contributed by atoms with E-state index >= 15 is 0 Å². The Labute approximate surface area is 150 Å². The van der Waals surface area contributed by atoms with Crippen LogP contribution in [0.1, 0.15) is 48.0 Å². The highest BCUT2D eigenvalue weighted by Crippen LogP contribution is 2.42. The van der Waals surface area contributed by atoms with Crippen molar-refractivity contribution in [2.75, 3.05) is 26.2 Å². The Hall–Kier alpha value is -1.28. The van der Waals surface area contributed by atoms with Crippen LogP contribution in [0.3, 0.4) is 0 Å². The molecule has 0 radical (unpaired) electrons. The van der Waals surface area contributed by atoms with Crippen molar-refractivity contribution < 1.29 is 18.9 Å². The lowest BCUT2D eigenvalue weighted by molar-refractivity contribution is -0.133. The van der Waals surface area contributed by atoms with Crippen LogP contribution in [0.15, 0.2) is 0 Å². The quantitative estimate of drug-likeness (QED) is 0.727. The zero-order chi connectivity index (χ0) is 18.6. The van der Waals surface area contributed by atoms with E-state index < -0.39 is 5.54 Å². The molecule has 3 amide bonds. The fourth-order valence-corrected chi connectivity index (χ4v) is 3.67. The normalized spacial score (nSPS) is 30.6. The zero-order valence-electron chi connectivity index (χ0n) is 16.2. The smallest absolute Gasteiger partial charge is 0.403 e. The van der Waals surface area contributed by atoms with Crippen LogP contribution in [0.2, 0.25) is 5.82 Å². The number of hydrogen-bond acceptors (Lipinski definition) is 4. The van der Waals surface area contributed by atoms with Gasteiger partial charge in [-0.1, -0.05) is 0 Å². The molecule has 3 fully saturated rings. The van der Waals surface area contributed by atoms with Crippen LogP contribution in [-0.4, -0.2) is 71.8 Å². The Kier molecular flexibility index (Phi) is 4.35. The molecule has 1 N–H and O–H groups in total. The van der Waals surface area contributed by atoms with Crippen molar-refractivity contribution in [2.45, 2.75) is 70.5 Å². The SMILES string of the molecule is CC1(C)C(=O)NCCN1C(=O)N1CCC(B2OC(C)(C)C(C)(C)O2)C1. The van der Waals surface area contributed by atoms with Gasteiger partial charge in [0.25, 0.3) is 0 Å². The third-order valence-corrected chi connectivity index (χ3v) is 6.23. The monoisotopic (exact) mass is 351 g/mol.